The molecule has 6 nitrogen and oxygen atoms in total. The molecule has 2 aromatic heterocycles. The van der Waals surface area contributed by atoms with Gasteiger partial charge in [-0.15, -0.1) is 0 Å². The van der Waals surface area contributed by atoms with E-state index in [9.17, 15) is 9.59 Å². The van der Waals surface area contributed by atoms with Crippen LogP contribution in [0.1, 0.15) is 48.1 Å². The summed E-state index contributed by atoms with van der Waals surface area (Å²) in [5.74, 6) is 0.992. The van der Waals surface area contributed by atoms with Crippen LogP contribution in [0.2, 0.25) is 0 Å². The van der Waals surface area contributed by atoms with E-state index in [1.807, 2.05) is 13.0 Å². The zero-order chi connectivity index (χ0) is 20.4. The van der Waals surface area contributed by atoms with Crippen molar-refractivity contribution >= 4 is 27.8 Å². The lowest BCUT2D eigenvalue weighted by molar-refractivity contribution is -0.121. The van der Waals surface area contributed by atoms with E-state index in [0.29, 0.717) is 30.7 Å². The Morgan fingerprint density at radius 1 is 1.14 bits per heavy atom. The smallest absolute Gasteiger partial charge is 0.339 e. The minimum absolute atomic E-state index is 0.0700. The molecular weight excluding hydrogens is 370 g/mol. The van der Waals surface area contributed by atoms with Gasteiger partial charge in [0.2, 0.25) is 5.91 Å². The van der Waals surface area contributed by atoms with Crippen LogP contribution < -0.4 is 10.9 Å². The quantitative estimate of drug-likeness (QED) is 0.484. The largest absolute Gasteiger partial charge is 0.461 e. The molecule has 1 N–H and O–H groups in total. The number of hydrogen-bond donors (Lipinski definition) is 1. The molecule has 2 heterocycles. The molecule has 29 heavy (non-hydrogen) atoms. The summed E-state index contributed by atoms with van der Waals surface area (Å²) < 4.78 is 16.6. The van der Waals surface area contributed by atoms with Gasteiger partial charge in [-0.1, -0.05) is 0 Å². The average Bonchev–Trinajstić information content (AvgIpc) is 3.07. The SMILES string of the molecule is COCCCNC(=O)CCc1c(C)c2cc3c4c(oc3cc2oc1=O)CCCC4. The molecule has 1 aromatic carbocycles. The van der Waals surface area contributed by atoms with Crippen LogP contribution in [0.3, 0.4) is 0 Å². The topological polar surface area (TPSA) is 81.7 Å². The van der Waals surface area contributed by atoms with E-state index >= 15 is 0 Å². The third kappa shape index (κ3) is 3.94. The summed E-state index contributed by atoms with van der Waals surface area (Å²) in [5.41, 5.74) is 3.69. The Hall–Kier alpha value is -2.60. The Balaban J connectivity index is 1.60. The van der Waals surface area contributed by atoms with Crippen molar-refractivity contribution in [2.45, 2.75) is 51.9 Å². The third-order valence-electron chi connectivity index (χ3n) is 5.81. The number of ether oxygens (including phenoxy) is 1. The molecule has 0 radical (unpaired) electrons. The van der Waals surface area contributed by atoms with Crippen LogP contribution >= 0.6 is 0 Å². The highest BCUT2D eigenvalue weighted by molar-refractivity contribution is 5.97. The highest BCUT2D eigenvalue weighted by Gasteiger charge is 2.20. The number of aryl methyl sites for hydroxylation is 3. The normalized spacial score (nSPS) is 13.7. The monoisotopic (exact) mass is 397 g/mol. The van der Waals surface area contributed by atoms with Crippen LogP contribution in [0.25, 0.3) is 21.9 Å². The summed E-state index contributed by atoms with van der Waals surface area (Å²) in [5, 5.41) is 4.89. The number of carbonyl (C=O) groups excluding carboxylic acids is 1. The molecule has 0 atom stereocenters. The molecule has 4 rings (SSSR count). The first-order valence-electron chi connectivity index (χ1n) is 10.3. The standard InChI is InChI=1S/C23H27NO5/c1-14-15(8-9-22(25)24-10-5-11-27-2)23(26)29-20-13-21-18(12-17(14)20)16-6-3-4-7-19(16)28-21/h12-13H,3-11H2,1-2H3,(H,24,25). The van der Waals surface area contributed by atoms with Crippen LogP contribution in [0.4, 0.5) is 0 Å². The molecule has 0 spiro atoms. The van der Waals surface area contributed by atoms with Gasteiger partial charge in [0.1, 0.15) is 16.9 Å². The van der Waals surface area contributed by atoms with Gasteiger partial charge in [-0.25, -0.2) is 4.79 Å². The van der Waals surface area contributed by atoms with Crippen LogP contribution in [0, 0.1) is 6.92 Å². The minimum atomic E-state index is -0.377. The number of nitrogens with one attached hydrogen (secondary N) is 1. The number of amides is 1. The molecule has 0 aliphatic heterocycles. The summed E-state index contributed by atoms with van der Waals surface area (Å²) in [6.07, 6.45) is 5.71. The summed E-state index contributed by atoms with van der Waals surface area (Å²) in [4.78, 5) is 24.6. The van der Waals surface area contributed by atoms with Gasteiger partial charge in [-0.05, 0) is 50.7 Å². The zero-order valence-corrected chi connectivity index (χ0v) is 17.1. The van der Waals surface area contributed by atoms with E-state index in [1.165, 1.54) is 12.0 Å². The van der Waals surface area contributed by atoms with Crippen molar-refractivity contribution in [1.29, 1.82) is 0 Å². The molecule has 1 aliphatic rings. The van der Waals surface area contributed by atoms with E-state index in [2.05, 4.69) is 11.4 Å². The first-order chi connectivity index (χ1) is 14.1. The van der Waals surface area contributed by atoms with Crippen LogP contribution in [-0.2, 0) is 28.8 Å². The Morgan fingerprint density at radius 3 is 2.76 bits per heavy atom. The predicted octanol–water partition coefficient (Wildman–Crippen LogP) is 3.81. The first kappa shape index (κ1) is 19.7. The van der Waals surface area contributed by atoms with Crippen LogP contribution in [0.5, 0.6) is 0 Å². The number of rotatable bonds is 7. The van der Waals surface area contributed by atoms with E-state index in [0.717, 1.165) is 53.4 Å². The zero-order valence-electron chi connectivity index (χ0n) is 17.1. The van der Waals surface area contributed by atoms with Gasteiger partial charge in [0.15, 0.2) is 0 Å². The molecule has 3 aromatic rings. The van der Waals surface area contributed by atoms with Crippen LogP contribution in [-0.4, -0.2) is 26.2 Å². The van der Waals surface area contributed by atoms with Gasteiger partial charge in [-0.3, -0.25) is 4.79 Å². The highest BCUT2D eigenvalue weighted by atomic mass is 16.5. The number of methoxy groups -OCH3 is 1. The number of hydrogen-bond acceptors (Lipinski definition) is 5. The second-order valence-electron chi connectivity index (χ2n) is 7.74. The lowest BCUT2D eigenvalue weighted by Crippen LogP contribution is -2.26. The average molecular weight is 397 g/mol. The maximum Gasteiger partial charge on any atom is 0.339 e. The minimum Gasteiger partial charge on any atom is -0.461 e. The van der Waals surface area contributed by atoms with Gasteiger partial charge in [-0.2, -0.15) is 0 Å². The molecule has 0 fully saturated rings. The summed E-state index contributed by atoms with van der Waals surface area (Å²) in [6.45, 7) is 3.12. The van der Waals surface area contributed by atoms with Gasteiger partial charge in [0, 0.05) is 61.1 Å². The molecular formula is C23H27NO5. The predicted molar refractivity (Wildman–Crippen MR) is 111 cm³/mol. The third-order valence-corrected chi connectivity index (χ3v) is 5.81. The molecule has 0 bridgehead atoms. The second-order valence-corrected chi connectivity index (χ2v) is 7.74. The van der Waals surface area contributed by atoms with Crippen molar-refractivity contribution in [3.05, 3.63) is 45.0 Å². The fraction of sp³-hybridized carbons (Fsp3) is 0.478. The van der Waals surface area contributed by atoms with Crippen LogP contribution in [0.15, 0.2) is 25.8 Å². The van der Waals surface area contributed by atoms with Crippen molar-refractivity contribution in [3.8, 4) is 0 Å². The number of fused-ring (bicyclic) bond motifs is 4. The summed E-state index contributed by atoms with van der Waals surface area (Å²) >= 11 is 0. The molecule has 0 unspecified atom stereocenters. The molecule has 1 aliphatic carbocycles. The Kier molecular flexibility index (Phi) is 5.72. The van der Waals surface area contributed by atoms with Crippen molar-refractivity contribution in [1.82, 2.24) is 5.32 Å². The number of furan rings is 1. The van der Waals surface area contributed by atoms with Gasteiger partial charge >= 0.3 is 5.63 Å². The lowest BCUT2D eigenvalue weighted by atomic mass is 9.94. The molecule has 0 saturated heterocycles. The van der Waals surface area contributed by atoms with E-state index in [-0.39, 0.29) is 18.0 Å². The summed E-state index contributed by atoms with van der Waals surface area (Å²) in [7, 11) is 1.64. The highest BCUT2D eigenvalue weighted by Crippen LogP contribution is 2.35. The van der Waals surface area contributed by atoms with E-state index < -0.39 is 0 Å². The maximum absolute atomic E-state index is 12.6. The number of carbonyl (C=O) groups is 1. The molecule has 0 saturated carbocycles. The van der Waals surface area contributed by atoms with Gasteiger partial charge in [0.05, 0.1) is 0 Å². The molecule has 154 valence electrons. The van der Waals surface area contributed by atoms with Gasteiger partial charge < -0.3 is 18.9 Å². The molecule has 6 heteroatoms. The Bertz CT molecular complexity index is 1110. The van der Waals surface area contributed by atoms with Crippen molar-refractivity contribution in [3.63, 3.8) is 0 Å². The number of benzene rings is 1. The Labute approximate surface area is 169 Å². The first-order valence-corrected chi connectivity index (χ1v) is 10.3. The van der Waals surface area contributed by atoms with Gasteiger partial charge in [0.25, 0.3) is 0 Å². The van der Waals surface area contributed by atoms with Crippen molar-refractivity contribution in [2.75, 3.05) is 20.3 Å². The fourth-order valence-corrected chi connectivity index (χ4v) is 4.20. The van der Waals surface area contributed by atoms with Crippen molar-refractivity contribution in [2.24, 2.45) is 0 Å². The second kappa shape index (κ2) is 8.41. The molecule has 1 amide bonds. The van der Waals surface area contributed by atoms with E-state index in [4.69, 9.17) is 13.6 Å². The summed E-state index contributed by atoms with van der Waals surface area (Å²) in [6, 6.07) is 3.93. The Morgan fingerprint density at radius 2 is 1.93 bits per heavy atom. The maximum atomic E-state index is 12.6. The van der Waals surface area contributed by atoms with E-state index in [1.54, 1.807) is 7.11 Å². The van der Waals surface area contributed by atoms with Crippen molar-refractivity contribution < 1.29 is 18.4 Å². The lowest BCUT2D eigenvalue weighted by Gasteiger charge is -2.10. The fourth-order valence-electron chi connectivity index (χ4n) is 4.20.